The van der Waals surface area contributed by atoms with E-state index in [2.05, 4.69) is 10.3 Å². The fourth-order valence-corrected chi connectivity index (χ4v) is 1.57. The SMILES string of the molecule is CCOCCCn1nnc(C=O)c1C(C)OC. The molecule has 0 amide bonds. The normalized spacial score (nSPS) is 12.6. The monoisotopic (exact) mass is 241 g/mol. The topological polar surface area (TPSA) is 66.2 Å². The van der Waals surface area contributed by atoms with Crippen LogP contribution in [0.15, 0.2) is 0 Å². The van der Waals surface area contributed by atoms with Crippen molar-refractivity contribution >= 4 is 6.29 Å². The summed E-state index contributed by atoms with van der Waals surface area (Å²) in [5.74, 6) is 0. The molecule has 17 heavy (non-hydrogen) atoms. The number of rotatable bonds is 8. The number of hydrogen-bond acceptors (Lipinski definition) is 5. The number of hydrogen-bond donors (Lipinski definition) is 0. The van der Waals surface area contributed by atoms with E-state index in [4.69, 9.17) is 9.47 Å². The van der Waals surface area contributed by atoms with Crippen LogP contribution in [-0.2, 0) is 16.0 Å². The van der Waals surface area contributed by atoms with Gasteiger partial charge in [-0.3, -0.25) is 4.79 Å². The van der Waals surface area contributed by atoms with Crippen molar-refractivity contribution in [3.05, 3.63) is 11.4 Å². The van der Waals surface area contributed by atoms with Gasteiger partial charge in [0.15, 0.2) is 12.0 Å². The molecule has 1 aromatic rings. The Labute approximate surface area is 101 Å². The lowest BCUT2D eigenvalue weighted by molar-refractivity contribution is 0.103. The zero-order valence-corrected chi connectivity index (χ0v) is 10.5. The standard InChI is InChI=1S/C11H19N3O3/c1-4-17-7-5-6-14-11(9(2)16-3)10(8-15)12-13-14/h8-9H,4-7H2,1-3H3. The molecule has 0 bridgehead atoms. The molecule has 1 heterocycles. The van der Waals surface area contributed by atoms with Gasteiger partial charge in [-0.2, -0.15) is 0 Å². The average Bonchev–Trinajstić information content (AvgIpc) is 2.76. The molecule has 0 radical (unpaired) electrons. The second-order valence-electron chi connectivity index (χ2n) is 3.63. The maximum atomic E-state index is 10.8. The van der Waals surface area contributed by atoms with E-state index >= 15 is 0 Å². The number of aldehydes is 1. The minimum Gasteiger partial charge on any atom is -0.382 e. The van der Waals surface area contributed by atoms with Crippen molar-refractivity contribution in [1.29, 1.82) is 0 Å². The number of nitrogens with zero attached hydrogens (tertiary/aromatic N) is 3. The predicted octanol–water partition coefficient (Wildman–Crippen LogP) is 1.22. The number of methoxy groups -OCH3 is 1. The van der Waals surface area contributed by atoms with Gasteiger partial charge >= 0.3 is 0 Å². The molecule has 1 atom stereocenters. The van der Waals surface area contributed by atoms with Crippen LogP contribution >= 0.6 is 0 Å². The van der Waals surface area contributed by atoms with Gasteiger partial charge in [0.1, 0.15) is 0 Å². The molecule has 0 saturated heterocycles. The van der Waals surface area contributed by atoms with Gasteiger partial charge in [-0.15, -0.1) is 5.10 Å². The number of ether oxygens (including phenoxy) is 2. The van der Waals surface area contributed by atoms with Gasteiger partial charge in [-0.25, -0.2) is 4.68 Å². The Morgan fingerprint density at radius 1 is 1.53 bits per heavy atom. The van der Waals surface area contributed by atoms with E-state index in [-0.39, 0.29) is 6.10 Å². The van der Waals surface area contributed by atoms with E-state index in [1.165, 1.54) is 0 Å². The van der Waals surface area contributed by atoms with Crippen molar-refractivity contribution in [2.24, 2.45) is 0 Å². The minimum atomic E-state index is -0.197. The van der Waals surface area contributed by atoms with Crippen molar-refractivity contribution < 1.29 is 14.3 Å². The zero-order chi connectivity index (χ0) is 12.7. The van der Waals surface area contributed by atoms with Crippen LogP contribution < -0.4 is 0 Å². The first-order valence-electron chi connectivity index (χ1n) is 5.73. The molecule has 0 fully saturated rings. The highest BCUT2D eigenvalue weighted by Crippen LogP contribution is 2.17. The van der Waals surface area contributed by atoms with E-state index in [0.717, 1.165) is 12.1 Å². The molecule has 96 valence electrons. The molecule has 1 unspecified atom stereocenters. The third-order valence-corrected chi connectivity index (χ3v) is 2.51. The van der Waals surface area contributed by atoms with Gasteiger partial charge in [0.25, 0.3) is 0 Å². The first-order chi connectivity index (χ1) is 8.24. The highest BCUT2D eigenvalue weighted by atomic mass is 16.5. The number of aryl methyl sites for hydroxylation is 1. The molecule has 0 aliphatic rings. The highest BCUT2D eigenvalue weighted by Gasteiger charge is 2.18. The Bertz CT molecular complexity index is 352. The van der Waals surface area contributed by atoms with Gasteiger partial charge < -0.3 is 9.47 Å². The lowest BCUT2D eigenvalue weighted by Gasteiger charge is -2.12. The van der Waals surface area contributed by atoms with E-state index in [9.17, 15) is 4.79 Å². The molecular weight excluding hydrogens is 222 g/mol. The fraction of sp³-hybridized carbons (Fsp3) is 0.727. The van der Waals surface area contributed by atoms with Crippen LogP contribution in [0.2, 0.25) is 0 Å². The quantitative estimate of drug-likeness (QED) is 0.506. The van der Waals surface area contributed by atoms with E-state index in [0.29, 0.717) is 31.7 Å². The van der Waals surface area contributed by atoms with Crippen LogP contribution in [0.25, 0.3) is 0 Å². The summed E-state index contributed by atoms with van der Waals surface area (Å²) in [4.78, 5) is 10.8. The summed E-state index contributed by atoms with van der Waals surface area (Å²) in [6, 6.07) is 0. The van der Waals surface area contributed by atoms with Crippen molar-refractivity contribution in [1.82, 2.24) is 15.0 Å². The number of carbonyl (C=O) groups excluding carboxylic acids is 1. The summed E-state index contributed by atoms with van der Waals surface area (Å²) in [5, 5.41) is 7.78. The summed E-state index contributed by atoms with van der Waals surface area (Å²) in [7, 11) is 1.59. The third-order valence-electron chi connectivity index (χ3n) is 2.51. The zero-order valence-electron chi connectivity index (χ0n) is 10.5. The second-order valence-corrected chi connectivity index (χ2v) is 3.63. The molecule has 6 heteroatoms. The molecular formula is C11H19N3O3. The summed E-state index contributed by atoms with van der Waals surface area (Å²) >= 11 is 0. The van der Waals surface area contributed by atoms with Crippen LogP contribution in [0.1, 0.15) is 42.6 Å². The largest absolute Gasteiger partial charge is 0.382 e. The van der Waals surface area contributed by atoms with Gasteiger partial charge in [-0.1, -0.05) is 5.21 Å². The lowest BCUT2D eigenvalue weighted by atomic mass is 10.2. The Balaban J connectivity index is 2.70. The van der Waals surface area contributed by atoms with Crippen molar-refractivity contribution in [2.75, 3.05) is 20.3 Å². The maximum Gasteiger partial charge on any atom is 0.172 e. The minimum absolute atomic E-state index is 0.197. The van der Waals surface area contributed by atoms with E-state index < -0.39 is 0 Å². The highest BCUT2D eigenvalue weighted by molar-refractivity contribution is 5.73. The van der Waals surface area contributed by atoms with Gasteiger partial charge in [0.2, 0.25) is 0 Å². The van der Waals surface area contributed by atoms with Gasteiger partial charge in [0, 0.05) is 26.9 Å². The Hall–Kier alpha value is -1.27. The Morgan fingerprint density at radius 3 is 2.88 bits per heavy atom. The van der Waals surface area contributed by atoms with Crippen molar-refractivity contribution in [3.63, 3.8) is 0 Å². The van der Waals surface area contributed by atoms with E-state index in [1.54, 1.807) is 11.8 Å². The summed E-state index contributed by atoms with van der Waals surface area (Å²) < 4.78 is 12.2. The summed E-state index contributed by atoms with van der Waals surface area (Å²) in [6.45, 7) is 5.87. The smallest absolute Gasteiger partial charge is 0.172 e. The third kappa shape index (κ3) is 3.61. The summed E-state index contributed by atoms with van der Waals surface area (Å²) in [5.41, 5.74) is 1.06. The average molecular weight is 241 g/mol. The molecule has 0 spiro atoms. The molecule has 0 N–H and O–H groups in total. The van der Waals surface area contributed by atoms with E-state index in [1.807, 2.05) is 13.8 Å². The fourth-order valence-electron chi connectivity index (χ4n) is 1.57. The van der Waals surface area contributed by atoms with Crippen LogP contribution in [0.3, 0.4) is 0 Å². The van der Waals surface area contributed by atoms with Crippen LogP contribution in [-0.4, -0.2) is 41.6 Å². The van der Waals surface area contributed by atoms with Crippen LogP contribution in [0.5, 0.6) is 0 Å². The Kier molecular flexibility index (Phi) is 5.79. The van der Waals surface area contributed by atoms with Crippen molar-refractivity contribution in [2.45, 2.75) is 32.9 Å². The number of carbonyl (C=O) groups is 1. The van der Waals surface area contributed by atoms with Gasteiger partial charge in [-0.05, 0) is 20.3 Å². The van der Waals surface area contributed by atoms with Crippen molar-refractivity contribution in [3.8, 4) is 0 Å². The molecule has 0 aliphatic carbocycles. The second kappa shape index (κ2) is 7.13. The Morgan fingerprint density at radius 2 is 2.29 bits per heavy atom. The van der Waals surface area contributed by atoms with Crippen LogP contribution in [0, 0.1) is 0 Å². The van der Waals surface area contributed by atoms with Gasteiger partial charge in [0.05, 0.1) is 11.8 Å². The van der Waals surface area contributed by atoms with Crippen LogP contribution in [0.4, 0.5) is 0 Å². The molecule has 6 nitrogen and oxygen atoms in total. The number of aromatic nitrogens is 3. The first kappa shape index (κ1) is 13.8. The lowest BCUT2D eigenvalue weighted by Crippen LogP contribution is -2.12. The maximum absolute atomic E-state index is 10.8. The summed E-state index contributed by atoms with van der Waals surface area (Å²) in [6.07, 6.45) is 1.34. The first-order valence-corrected chi connectivity index (χ1v) is 5.73. The molecule has 1 rings (SSSR count). The predicted molar refractivity (Wildman–Crippen MR) is 61.9 cm³/mol. The molecule has 0 aromatic carbocycles. The molecule has 0 aliphatic heterocycles. The molecule has 0 saturated carbocycles. The molecule has 1 aromatic heterocycles.